The molecular weight excluding hydrogens is 286 g/mol. The van der Waals surface area contributed by atoms with Gasteiger partial charge in [-0.3, -0.25) is 0 Å². The van der Waals surface area contributed by atoms with Crippen LogP contribution in [0.25, 0.3) is 0 Å². The molecule has 0 aliphatic heterocycles. The van der Waals surface area contributed by atoms with E-state index in [4.69, 9.17) is 4.74 Å². The number of alkyl carbamates (subject to hydrolysis) is 1. The lowest BCUT2D eigenvalue weighted by Gasteiger charge is -2.24. The summed E-state index contributed by atoms with van der Waals surface area (Å²) in [5, 5.41) is 3.04. The van der Waals surface area contributed by atoms with Gasteiger partial charge in [0, 0.05) is 0 Å². The molecule has 120 valence electrons. The Balaban J connectivity index is 1.72. The smallest absolute Gasteiger partial charge is 0.408 e. The number of ether oxygens (including phenoxy) is 1. The van der Waals surface area contributed by atoms with Crippen LogP contribution >= 0.6 is 0 Å². The summed E-state index contributed by atoms with van der Waals surface area (Å²) in [6, 6.07) is 19.8. The Kier molecular flexibility index (Phi) is 5.30. The van der Waals surface area contributed by atoms with Gasteiger partial charge in [-0.1, -0.05) is 67.1 Å². The molecule has 1 saturated carbocycles. The van der Waals surface area contributed by atoms with Crippen LogP contribution in [0.2, 0.25) is 0 Å². The van der Waals surface area contributed by atoms with Gasteiger partial charge in [0.25, 0.3) is 0 Å². The summed E-state index contributed by atoms with van der Waals surface area (Å²) in [5.74, 6) is 0. The van der Waals surface area contributed by atoms with E-state index in [1.54, 1.807) is 0 Å². The highest BCUT2D eigenvalue weighted by Crippen LogP contribution is 2.24. The van der Waals surface area contributed by atoms with Gasteiger partial charge in [-0.15, -0.1) is 0 Å². The Bertz CT molecular complexity index is 567. The number of hydrogen-bond acceptors (Lipinski definition) is 2. The molecule has 3 heteroatoms. The van der Waals surface area contributed by atoms with E-state index in [1.165, 1.54) is 6.42 Å². The molecule has 0 spiro atoms. The fourth-order valence-electron chi connectivity index (χ4n) is 3.14. The first-order valence-corrected chi connectivity index (χ1v) is 8.40. The zero-order chi connectivity index (χ0) is 15.9. The monoisotopic (exact) mass is 309 g/mol. The van der Waals surface area contributed by atoms with Crippen LogP contribution in [0, 0.1) is 0 Å². The average Bonchev–Trinajstić information content (AvgIpc) is 2.62. The standard InChI is InChI=1S/C20H23NO2/c22-20(23-18-14-8-3-9-15-18)21-19(16-10-4-1-5-11-16)17-12-6-2-7-13-17/h1-2,4-7,10-13,18-19H,3,8-9,14-15H2,(H,21,22). The molecule has 0 aromatic heterocycles. The largest absolute Gasteiger partial charge is 0.446 e. The maximum absolute atomic E-state index is 12.3. The van der Waals surface area contributed by atoms with E-state index in [0.717, 1.165) is 36.8 Å². The van der Waals surface area contributed by atoms with Crippen LogP contribution in [0.5, 0.6) is 0 Å². The number of hydrogen-bond donors (Lipinski definition) is 1. The quantitative estimate of drug-likeness (QED) is 0.878. The lowest BCUT2D eigenvalue weighted by molar-refractivity contribution is 0.0738. The number of rotatable bonds is 4. The van der Waals surface area contributed by atoms with E-state index in [0.29, 0.717) is 0 Å². The van der Waals surface area contributed by atoms with Crippen molar-refractivity contribution in [1.29, 1.82) is 0 Å². The predicted octanol–water partition coefficient (Wildman–Crippen LogP) is 4.83. The lowest BCUT2D eigenvalue weighted by Crippen LogP contribution is -2.33. The van der Waals surface area contributed by atoms with E-state index in [1.807, 2.05) is 60.7 Å². The molecule has 1 amide bonds. The van der Waals surface area contributed by atoms with Gasteiger partial charge in [0.2, 0.25) is 0 Å². The van der Waals surface area contributed by atoms with Crippen molar-refractivity contribution in [2.45, 2.75) is 44.2 Å². The Labute approximate surface area is 137 Å². The van der Waals surface area contributed by atoms with E-state index in [2.05, 4.69) is 5.32 Å². The second-order valence-electron chi connectivity index (χ2n) is 6.06. The number of carbonyl (C=O) groups excluding carboxylic acids is 1. The molecular formula is C20H23NO2. The third-order valence-electron chi connectivity index (χ3n) is 4.35. The topological polar surface area (TPSA) is 38.3 Å². The van der Waals surface area contributed by atoms with Gasteiger partial charge in [0.05, 0.1) is 6.04 Å². The highest BCUT2D eigenvalue weighted by Gasteiger charge is 2.21. The van der Waals surface area contributed by atoms with Crippen molar-refractivity contribution >= 4 is 6.09 Å². The Morgan fingerprint density at radius 1 is 0.870 bits per heavy atom. The van der Waals surface area contributed by atoms with Crippen molar-refractivity contribution in [2.24, 2.45) is 0 Å². The number of nitrogens with one attached hydrogen (secondary N) is 1. The predicted molar refractivity (Wildman–Crippen MR) is 91.2 cm³/mol. The average molecular weight is 309 g/mol. The van der Waals surface area contributed by atoms with Crippen molar-refractivity contribution in [3.05, 3.63) is 71.8 Å². The molecule has 0 radical (unpaired) electrons. The SMILES string of the molecule is O=C(NC(c1ccccc1)c1ccccc1)OC1CCCCC1. The summed E-state index contributed by atoms with van der Waals surface area (Å²) in [5.41, 5.74) is 2.11. The molecule has 3 rings (SSSR count). The van der Waals surface area contributed by atoms with Crippen LogP contribution in [0.3, 0.4) is 0 Å². The minimum atomic E-state index is -0.324. The van der Waals surface area contributed by atoms with Crippen LogP contribution < -0.4 is 5.32 Å². The summed E-state index contributed by atoms with van der Waals surface area (Å²) in [4.78, 5) is 12.3. The van der Waals surface area contributed by atoms with E-state index in [9.17, 15) is 4.79 Å². The minimum absolute atomic E-state index is 0.0657. The van der Waals surface area contributed by atoms with Gasteiger partial charge in [0.1, 0.15) is 6.10 Å². The highest BCUT2D eigenvalue weighted by atomic mass is 16.6. The van der Waals surface area contributed by atoms with Crippen molar-refractivity contribution < 1.29 is 9.53 Å². The van der Waals surface area contributed by atoms with Crippen molar-refractivity contribution in [3.8, 4) is 0 Å². The molecule has 2 aromatic carbocycles. The molecule has 0 heterocycles. The summed E-state index contributed by atoms with van der Waals surface area (Å²) in [7, 11) is 0. The Morgan fingerprint density at radius 2 is 1.39 bits per heavy atom. The van der Waals surface area contributed by atoms with E-state index in [-0.39, 0.29) is 18.2 Å². The summed E-state index contributed by atoms with van der Waals surface area (Å²) >= 11 is 0. The third kappa shape index (κ3) is 4.35. The van der Waals surface area contributed by atoms with E-state index < -0.39 is 0 Å². The zero-order valence-corrected chi connectivity index (χ0v) is 13.3. The zero-order valence-electron chi connectivity index (χ0n) is 13.3. The normalized spacial score (nSPS) is 15.3. The van der Waals surface area contributed by atoms with Crippen molar-refractivity contribution in [1.82, 2.24) is 5.32 Å². The minimum Gasteiger partial charge on any atom is -0.446 e. The number of carbonyl (C=O) groups is 1. The lowest BCUT2D eigenvalue weighted by atomic mass is 9.98. The second-order valence-corrected chi connectivity index (χ2v) is 6.06. The molecule has 0 atom stereocenters. The molecule has 1 aliphatic carbocycles. The van der Waals surface area contributed by atoms with Gasteiger partial charge in [-0.2, -0.15) is 0 Å². The van der Waals surface area contributed by atoms with Crippen LogP contribution in [-0.4, -0.2) is 12.2 Å². The van der Waals surface area contributed by atoms with Gasteiger partial charge in [0.15, 0.2) is 0 Å². The molecule has 0 saturated heterocycles. The van der Waals surface area contributed by atoms with Crippen molar-refractivity contribution in [2.75, 3.05) is 0 Å². The molecule has 1 N–H and O–H groups in total. The van der Waals surface area contributed by atoms with Gasteiger partial charge < -0.3 is 10.1 Å². The van der Waals surface area contributed by atoms with Gasteiger partial charge in [-0.05, 0) is 36.8 Å². The van der Waals surface area contributed by atoms with Crippen LogP contribution in [0.15, 0.2) is 60.7 Å². The maximum Gasteiger partial charge on any atom is 0.408 e. The first-order valence-electron chi connectivity index (χ1n) is 8.40. The van der Waals surface area contributed by atoms with E-state index >= 15 is 0 Å². The number of amides is 1. The summed E-state index contributed by atoms with van der Waals surface area (Å²) in [6.07, 6.45) is 5.25. The molecule has 3 nitrogen and oxygen atoms in total. The fraction of sp³-hybridized carbons (Fsp3) is 0.350. The van der Waals surface area contributed by atoms with Crippen LogP contribution in [-0.2, 0) is 4.74 Å². The second kappa shape index (κ2) is 7.82. The maximum atomic E-state index is 12.3. The number of benzene rings is 2. The first-order chi connectivity index (χ1) is 11.3. The van der Waals surface area contributed by atoms with Crippen molar-refractivity contribution in [3.63, 3.8) is 0 Å². The third-order valence-corrected chi connectivity index (χ3v) is 4.35. The molecule has 2 aromatic rings. The summed E-state index contributed by atoms with van der Waals surface area (Å²) in [6.45, 7) is 0. The molecule has 0 unspecified atom stereocenters. The molecule has 23 heavy (non-hydrogen) atoms. The van der Waals surface area contributed by atoms with Crippen LogP contribution in [0.1, 0.15) is 49.3 Å². The Morgan fingerprint density at radius 3 is 1.91 bits per heavy atom. The molecule has 0 bridgehead atoms. The van der Waals surface area contributed by atoms with Crippen LogP contribution in [0.4, 0.5) is 4.79 Å². The Hall–Kier alpha value is -2.29. The van der Waals surface area contributed by atoms with Gasteiger partial charge >= 0.3 is 6.09 Å². The highest BCUT2D eigenvalue weighted by molar-refractivity contribution is 5.69. The first kappa shape index (κ1) is 15.6. The molecule has 1 aliphatic rings. The fourth-order valence-corrected chi connectivity index (χ4v) is 3.14. The van der Waals surface area contributed by atoms with Gasteiger partial charge in [-0.25, -0.2) is 4.79 Å². The summed E-state index contributed by atoms with van der Waals surface area (Å²) < 4.78 is 5.61. The molecule has 1 fully saturated rings.